The molecule has 3 nitrogen and oxygen atoms in total. The number of amides is 1. The van der Waals surface area contributed by atoms with E-state index in [1.165, 1.54) is 6.07 Å². The number of hydrogen-bond donors (Lipinski definition) is 1. The fourth-order valence-electron chi connectivity index (χ4n) is 2.64. The van der Waals surface area contributed by atoms with Gasteiger partial charge < -0.3 is 4.90 Å². The van der Waals surface area contributed by atoms with Gasteiger partial charge in [0.05, 0.1) is 6.04 Å². The Morgan fingerprint density at radius 1 is 1.58 bits per heavy atom. The molecule has 0 heterocycles. The van der Waals surface area contributed by atoms with E-state index in [9.17, 15) is 9.18 Å². The van der Waals surface area contributed by atoms with E-state index in [4.69, 9.17) is 0 Å². The molecule has 0 fully saturated rings. The third-order valence-corrected chi connectivity index (χ3v) is 3.89. The molecule has 1 aliphatic carbocycles. The molecule has 0 aliphatic heterocycles. The van der Waals surface area contributed by atoms with Gasteiger partial charge in [-0.05, 0) is 43.9 Å². The van der Waals surface area contributed by atoms with Gasteiger partial charge in [0.25, 0.3) is 0 Å². The highest BCUT2D eigenvalue weighted by Gasteiger charge is 2.28. The Labute approximate surface area is 113 Å². The first-order valence-corrected chi connectivity index (χ1v) is 6.83. The van der Waals surface area contributed by atoms with Crippen LogP contribution in [-0.2, 0) is 11.2 Å². The van der Waals surface area contributed by atoms with E-state index in [1.54, 1.807) is 18.0 Å². The van der Waals surface area contributed by atoms with Gasteiger partial charge in [0.1, 0.15) is 5.82 Å². The van der Waals surface area contributed by atoms with E-state index in [1.807, 2.05) is 19.9 Å². The smallest absolute Gasteiger partial charge is 0.239 e. The van der Waals surface area contributed by atoms with E-state index in [0.29, 0.717) is 6.54 Å². The lowest BCUT2D eigenvalue weighted by molar-refractivity contribution is -0.131. The third-order valence-electron chi connectivity index (χ3n) is 3.89. The number of carbonyl (C=O) groups excluding carboxylic acids is 1. The molecule has 0 radical (unpaired) electrons. The van der Waals surface area contributed by atoms with Gasteiger partial charge in [-0.25, -0.2) is 4.39 Å². The number of likely N-dealkylation sites (N-methyl/N-ethyl adjacent to an activating group) is 1. The van der Waals surface area contributed by atoms with E-state index in [0.717, 1.165) is 24.0 Å². The first kappa shape index (κ1) is 14.0. The van der Waals surface area contributed by atoms with Gasteiger partial charge in [-0.15, -0.1) is 0 Å². The molecule has 0 spiro atoms. The minimum atomic E-state index is -0.246. The quantitative estimate of drug-likeness (QED) is 0.904. The Kier molecular flexibility index (Phi) is 4.20. The van der Waals surface area contributed by atoms with Crippen molar-refractivity contribution in [2.75, 3.05) is 13.6 Å². The summed E-state index contributed by atoms with van der Waals surface area (Å²) >= 11 is 0. The Bertz CT molecular complexity index is 475. The standard InChI is InChI=1S/C15H21FN2O/c1-4-18(3)15(19)10(2)17-14-9-8-11-12(14)6-5-7-13(11)16/h5-7,10,14,17H,4,8-9H2,1-3H3. The Hall–Kier alpha value is -1.42. The van der Waals surface area contributed by atoms with Crippen molar-refractivity contribution in [2.45, 2.75) is 38.8 Å². The lowest BCUT2D eigenvalue weighted by Gasteiger charge is -2.24. The highest BCUT2D eigenvalue weighted by Crippen LogP contribution is 2.32. The summed E-state index contributed by atoms with van der Waals surface area (Å²) in [5, 5.41) is 3.32. The van der Waals surface area contributed by atoms with Crippen LogP contribution < -0.4 is 5.32 Å². The molecule has 4 heteroatoms. The first-order valence-electron chi connectivity index (χ1n) is 6.83. The van der Waals surface area contributed by atoms with Crippen molar-refractivity contribution in [3.8, 4) is 0 Å². The van der Waals surface area contributed by atoms with Crippen molar-refractivity contribution in [3.63, 3.8) is 0 Å². The minimum Gasteiger partial charge on any atom is -0.345 e. The van der Waals surface area contributed by atoms with Gasteiger partial charge in [-0.3, -0.25) is 10.1 Å². The molecule has 1 aromatic carbocycles. The molecule has 1 aromatic rings. The second-order valence-corrected chi connectivity index (χ2v) is 5.14. The van der Waals surface area contributed by atoms with Crippen molar-refractivity contribution >= 4 is 5.91 Å². The zero-order valence-corrected chi connectivity index (χ0v) is 11.7. The number of nitrogens with zero attached hydrogens (tertiary/aromatic N) is 1. The van der Waals surface area contributed by atoms with Crippen molar-refractivity contribution < 1.29 is 9.18 Å². The number of rotatable bonds is 4. The predicted octanol–water partition coefficient (Wildman–Crippen LogP) is 2.27. The van der Waals surface area contributed by atoms with Crippen LogP contribution in [-0.4, -0.2) is 30.4 Å². The van der Waals surface area contributed by atoms with Crippen LogP contribution in [0.5, 0.6) is 0 Å². The summed E-state index contributed by atoms with van der Waals surface area (Å²) in [5.41, 5.74) is 1.79. The number of halogens is 1. The molecule has 0 saturated heterocycles. The van der Waals surface area contributed by atoms with Crippen LogP contribution in [0.2, 0.25) is 0 Å². The Balaban J connectivity index is 2.07. The maximum Gasteiger partial charge on any atom is 0.239 e. The molecule has 1 aliphatic rings. The van der Waals surface area contributed by atoms with Crippen LogP contribution in [0.3, 0.4) is 0 Å². The third kappa shape index (κ3) is 2.78. The lowest BCUT2D eigenvalue weighted by Crippen LogP contribution is -2.44. The van der Waals surface area contributed by atoms with E-state index < -0.39 is 0 Å². The summed E-state index contributed by atoms with van der Waals surface area (Å²) in [4.78, 5) is 13.7. The fraction of sp³-hybridized carbons (Fsp3) is 0.533. The normalized spacial score (nSPS) is 19.1. The minimum absolute atomic E-state index is 0.0763. The zero-order valence-electron chi connectivity index (χ0n) is 11.7. The fourth-order valence-corrected chi connectivity index (χ4v) is 2.64. The largest absolute Gasteiger partial charge is 0.345 e. The van der Waals surface area contributed by atoms with E-state index in [-0.39, 0.29) is 23.8 Å². The molecule has 19 heavy (non-hydrogen) atoms. The summed E-state index contributed by atoms with van der Waals surface area (Å²) in [6, 6.07) is 5.02. The monoisotopic (exact) mass is 264 g/mol. The average molecular weight is 264 g/mol. The van der Waals surface area contributed by atoms with Gasteiger partial charge in [0, 0.05) is 19.6 Å². The number of benzene rings is 1. The Morgan fingerprint density at radius 3 is 3.00 bits per heavy atom. The Morgan fingerprint density at radius 2 is 2.32 bits per heavy atom. The van der Waals surface area contributed by atoms with Crippen LogP contribution in [0, 0.1) is 5.82 Å². The maximum atomic E-state index is 13.6. The average Bonchev–Trinajstić information content (AvgIpc) is 2.81. The molecule has 0 saturated carbocycles. The first-order chi connectivity index (χ1) is 9.04. The van der Waals surface area contributed by atoms with Crippen LogP contribution in [0.25, 0.3) is 0 Å². The zero-order chi connectivity index (χ0) is 14.0. The number of nitrogens with one attached hydrogen (secondary N) is 1. The van der Waals surface area contributed by atoms with Crippen LogP contribution >= 0.6 is 0 Å². The highest BCUT2D eigenvalue weighted by atomic mass is 19.1. The molecule has 2 unspecified atom stereocenters. The molecule has 1 N–H and O–H groups in total. The number of carbonyl (C=O) groups is 1. The number of hydrogen-bond acceptors (Lipinski definition) is 2. The summed E-state index contributed by atoms with van der Waals surface area (Å²) in [6.45, 7) is 4.51. The van der Waals surface area contributed by atoms with Crippen LogP contribution in [0.4, 0.5) is 4.39 Å². The SMILES string of the molecule is CCN(C)C(=O)C(C)NC1CCc2c(F)cccc21. The van der Waals surface area contributed by atoms with Gasteiger partial charge >= 0.3 is 0 Å². The van der Waals surface area contributed by atoms with Gasteiger partial charge in [0.2, 0.25) is 5.91 Å². The molecule has 104 valence electrons. The lowest BCUT2D eigenvalue weighted by atomic mass is 10.1. The second-order valence-electron chi connectivity index (χ2n) is 5.14. The van der Waals surface area contributed by atoms with Crippen molar-refractivity contribution in [1.29, 1.82) is 0 Å². The van der Waals surface area contributed by atoms with Gasteiger partial charge in [-0.1, -0.05) is 12.1 Å². The molecule has 1 amide bonds. The molecule has 2 rings (SSSR count). The topological polar surface area (TPSA) is 32.3 Å². The summed E-state index contributed by atoms with van der Waals surface area (Å²) in [5.74, 6) is -0.0567. The van der Waals surface area contributed by atoms with Crippen LogP contribution in [0.15, 0.2) is 18.2 Å². The van der Waals surface area contributed by atoms with E-state index >= 15 is 0 Å². The van der Waals surface area contributed by atoms with Crippen molar-refractivity contribution in [3.05, 3.63) is 35.1 Å². The number of fused-ring (bicyclic) bond motifs is 1. The summed E-state index contributed by atoms with van der Waals surface area (Å²) in [7, 11) is 1.79. The van der Waals surface area contributed by atoms with Crippen molar-refractivity contribution in [2.24, 2.45) is 0 Å². The van der Waals surface area contributed by atoms with E-state index in [2.05, 4.69) is 5.32 Å². The molecule has 0 bridgehead atoms. The van der Waals surface area contributed by atoms with Crippen molar-refractivity contribution in [1.82, 2.24) is 10.2 Å². The molecule has 0 aromatic heterocycles. The summed E-state index contributed by atoms with van der Waals surface area (Å²) in [6.07, 6.45) is 1.59. The maximum absolute atomic E-state index is 13.6. The van der Waals surface area contributed by atoms with Gasteiger partial charge in [-0.2, -0.15) is 0 Å². The highest BCUT2D eigenvalue weighted by molar-refractivity contribution is 5.81. The molecular weight excluding hydrogens is 243 g/mol. The molecule has 2 atom stereocenters. The summed E-state index contributed by atoms with van der Waals surface area (Å²) < 4.78 is 13.6. The molecular formula is C15H21FN2O. The second kappa shape index (κ2) is 5.70. The predicted molar refractivity (Wildman–Crippen MR) is 73.4 cm³/mol. The van der Waals surface area contributed by atoms with Gasteiger partial charge in [0.15, 0.2) is 0 Å². The van der Waals surface area contributed by atoms with Crippen LogP contribution in [0.1, 0.15) is 37.4 Å².